The van der Waals surface area contributed by atoms with Gasteiger partial charge >= 0.3 is 0 Å². The number of likely N-dealkylation sites (tertiary alicyclic amines) is 1. The van der Waals surface area contributed by atoms with Crippen molar-refractivity contribution >= 4 is 17.5 Å². The molecular weight excluding hydrogens is 240 g/mol. The Morgan fingerprint density at radius 2 is 1.84 bits per heavy atom. The van der Waals surface area contributed by atoms with E-state index in [0.717, 1.165) is 37.2 Å². The van der Waals surface area contributed by atoms with Gasteiger partial charge in [-0.15, -0.1) is 0 Å². The van der Waals surface area contributed by atoms with E-state index in [2.05, 4.69) is 0 Å². The molecule has 1 saturated heterocycles. The molecule has 4 nitrogen and oxygen atoms in total. The lowest BCUT2D eigenvalue weighted by Gasteiger charge is -2.28. The van der Waals surface area contributed by atoms with Crippen molar-refractivity contribution in [3.05, 3.63) is 29.8 Å². The Bertz CT molecular complexity index is 521. The third-order valence-corrected chi connectivity index (χ3v) is 4.10. The predicted molar refractivity (Wildman–Crippen MR) is 73.0 cm³/mol. The highest BCUT2D eigenvalue weighted by Crippen LogP contribution is 2.37. The van der Waals surface area contributed by atoms with Crippen molar-refractivity contribution in [1.29, 1.82) is 0 Å². The SMILES string of the molecule is CN1C(=O)C(C(=O)N2CCCCC2)c2ccccc21. The van der Waals surface area contributed by atoms with Crippen LogP contribution >= 0.6 is 0 Å². The molecule has 2 aliphatic rings. The molecule has 2 heterocycles. The Morgan fingerprint density at radius 3 is 2.58 bits per heavy atom. The molecule has 0 radical (unpaired) electrons. The van der Waals surface area contributed by atoms with Crippen LogP contribution in [0.2, 0.25) is 0 Å². The van der Waals surface area contributed by atoms with E-state index in [1.807, 2.05) is 29.2 Å². The van der Waals surface area contributed by atoms with Gasteiger partial charge in [-0.3, -0.25) is 9.59 Å². The maximum atomic E-state index is 12.6. The topological polar surface area (TPSA) is 40.6 Å². The first-order chi connectivity index (χ1) is 9.20. The number of carbonyl (C=O) groups is 2. The molecule has 0 bridgehead atoms. The zero-order chi connectivity index (χ0) is 13.4. The number of fused-ring (bicyclic) bond motifs is 1. The molecule has 0 aromatic heterocycles. The minimum absolute atomic E-state index is 0.0264. The summed E-state index contributed by atoms with van der Waals surface area (Å²) >= 11 is 0. The monoisotopic (exact) mass is 258 g/mol. The van der Waals surface area contributed by atoms with Gasteiger partial charge in [0.1, 0.15) is 5.92 Å². The average Bonchev–Trinajstić information content (AvgIpc) is 2.72. The van der Waals surface area contributed by atoms with Gasteiger partial charge in [-0.25, -0.2) is 0 Å². The van der Waals surface area contributed by atoms with Gasteiger partial charge in [0.25, 0.3) is 0 Å². The number of hydrogen-bond donors (Lipinski definition) is 0. The van der Waals surface area contributed by atoms with Crippen LogP contribution in [0, 0.1) is 0 Å². The largest absolute Gasteiger partial charge is 0.342 e. The van der Waals surface area contributed by atoms with Crippen molar-refractivity contribution in [2.45, 2.75) is 25.2 Å². The Labute approximate surface area is 113 Å². The van der Waals surface area contributed by atoms with Crippen molar-refractivity contribution in [1.82, 2.24) is 4.90 Å². The van der Waals surface area contributed by atoms with Crippen molar-refractivity contribution in [2.24, 2.45) is 0 Å². The van der Waals surface area contributed by atoms with Gasteiger partial charge in [-0.2, -0.15) is 0 Å². The highest BCUT2D eigenvalue weighted by atomic mass is 16.2. The minimum Gasteiger partial charge on any atom is -0.342 e. The van der Waals surface area contributed by atoms with E-state index in [9.17, 15) is 9.59 Å². The molecule has 1 aromatic carbocycles. The predicted octanol–water partition coefficient (Wildman–Crippen LogP) is 1.76. The molecule has 0 saturated carbocycles. The fourth-order valence-corrected chi connectivity index (χ4v) is 3.02. The number of carbonyl (C=O) groups excluding carboxylic acids is 2. The fraction of sp³-hybridized carbons (Fsp3) is 0.467. The summed E-state index contributed by atoms with van der Waals surface area (Å²) in [5, 5.41) is 0. The first kappa shape index (κ1) is 12.2. The summed E-state index contributed by atoms with van der Waals surface area (Å²) in [6, 6.07) is 7.58. The van der Waals surface area contributed by atoms with Gasteiger partial charge in [0, 0.05) is 25.8 Å². The van der Waals surface area contributed by atoms with Crippen molar-refractivity contribution < 1.29 is 9.59 Å². The highest BCUT2D eigenvalue weighted by Gasteiger charge is 2.41. The number of nitrogens with zero attached hydrogens (tertiary/aromatic N) is 2. The lowest BCUT2D eigenvalue weighted by molar-refractivity contribution is -0.137. The molecule has 3 rings (SSSR count). The Balaban J connectivity index is 1.92. The standard InChI is InChI=1S/C15H18N2O2/c1-16-12-8-4-3-7-11(12)13(14(16)18)15(19)17-9-5-2-6-10-17/h3-4,7-8,13H,2,5-6,9-10H2,1H3. The van der Waals surface area contributed by atoms with Crippen LogP contribution in [0.15, 0.2) is 24.3 Å². The van der Waals surface area contributed by atoms with Crippen LogP contribution in [-0.4, -0.2) is 36.9 Å². The molecule has 100 valence electrons. The molecule has 0 N–H and O–H groups in total. The number of anilines is 1. The fourth-order valence-electron chi connectivity index (χ4n) is 3.02. The number of piperidine rings is 1. The highest BCUT2D eigenvalue weighted by molar-refractivity contribution is 6.17. The molecule has 1 aromatic rings. The van der Waals surface area contributed by atoms with Gasteiger partial charge in [0.2, 0.25) is 11.8 Å². The van der Waals surface area contributed by atoms with Crippen molar-refractivity contribution in [3.63, 3.8) is 0 Å². The molecule has 0 spiro atoms. The van der Waals surface area contributed by atoms with E-state index in [0.29, 0.717) is 0 Å². The van der Waals surface area contributed by atoms with E-state index in [1.165, 1.54) is 6.42 Å². The second-order valence-corrected chi connectivity index (χ2v) is 5.28. The lowest BCUT2D eigenvalue weighted by Crippen LogP contribution is -2.41. The molecular formula is C15H18N2O2. The van der Waals surface area contributed by atoms with Crippen LogP contribution in [0.25, 0.3) is 0 Å². The first-order valence-corrected chi connectivity index (χ1v) is 6.85. The number of benzene rings is 1. The van der Waals surface area contributed by atoms with E-state index < -0.39 is 5.92 Å². The maximum Gasteiger partial charge on any atom is 0.243 e. The second-order valence-electron chi connectivity index (χ2n) is 5.28. The van der Waals surface area contributed by atoms with Crippen LogP contribution in [0.3, 0.4) is 0 Å². The minimum atomic E-state index is -0.626. The summed E-state index contributed by atoms with van der Waals surface area (Å²) in [6.45, 7) is 1.57. The van der Waals surface area contributed by atoms with Gasteiger partial charge in [0.15, 0.2) is 0 Å². The maximum absolute atomic E-state index is 12.6. The van der Waals surface area contributed by atoms with E-state index in [-0.39, 0.29) is 11.8 Å². The summed E-state index contributed by atoms with van der Waals surface area (Å²) in [5.41, 5.74) is 1.72. The van der Waals surface area contributed by atoms with Crippen LogP contribution in [0.5, 0.6) is 0 Å². The molecule has 1 fully saturated rings. The number of para-hydroxylation sites is 1. The van der Waals surface area contributed by atoms with E-state index in [4.69, 9.17) is 0 Å². The lowest BCUT2D eigenvalue weighted by atomic mass is 9.98. The first-order valence-electron chi connectivity index (χ1n) is 6.85. The van der Waals surface area contributed by atoms with Crippen LogP contribution in [-0.2, 0) is 9.59 Å². The van der Waals surface area contributed by atoms with E-state index >= 15 is 0 Å². The third-order valence-electron chi connectivity index (χ3n) is 4.10. The van der Waals surface area contributed by atoms with Gasteiger partial charge < -0.3 is 9.80 Å². The van der Waals surface area contributed by atoms with Crippen molar-refractivity contribution in [3.8, 4) is 0 Å². The van der Waals surface area contributed by atoms with Gasteiger partial charge in [0.05, 0.1) is 0 Å². The Morgan fingerprint density at radius 1 is 1.16 bits per heavy atom. The smallest absolute Gasteiger partial charge is 0.243 e. The number of hydrogen-bond acceptors (Lipinski definition) is 2. The molecule has 2 aliphatic heterocycles. The molecule has 4 heteroatoms. The number of likely N-dealkylation sites (N-methyl/N-ethyl adjacent to an activating group) is 1. The molecule has 1 unspecified atom stereocenters. The zero-order valence-corrected chi connectivity index (χ0v) is 11.1. The number of rotatable bonds is 1. The molecule has 1 atom stereocenters. The average molecular weight is 258 g/mol. The number of amides is 2. The Kier molecular flexibility index (Phi) is 3.01. The molecule has 19 heavy (non-hydrogen) atoms. The summed E-state index contributed by atoms with van der Waals surface area (Å²) in [4.78, 5) is 28.4. The molecule has 2 amide bonds. The summed E-state index contributed by atoms with van der Waals surface area (Å²) in [7, 11) is 1.74. The van der Waals surface area contributed by atoms with Crippen LogP contribution in [0.4, 0.5) is 5.69 Å². The molecule has 0 aliphatic carbocycles. The van der Waals surface area contributed by atoms with Crippen LogP contribution < -0.4 is 4.90 Å². The van der Waals surface area contributed by atoms with Gasteiger partial charge in [-0.05, 0) is 30.9 Å². The van der Waals surface area contributed by atoms with Gasteiger partial charge in [-0.1, -0.05) is 18.2 Å². The summed E-state index contributed by atoms with van der Waals surface area (Å²) in [5.74, 6) is -0.752. The second kappa shape index (κ2) is 4.68. The third kappa shape index (κ3) is 1.91. The summed E-state index contributed by atoms with van der Waals surface area (Å²) in [6.07, 6.45) is 3.27. The van der Waals surface area contributed by atoms with Crippen LogP contribution in [0.1, 0.15) is 30.7 Å². The van der Waals surface area contributed by atoms with E-state index in [1.54, 1.807) is 11.9 Å². The van der Waals surface area contributed by atoms with Crippen molar-refractivity contribution in [2.75, 3.05) is 25.0 Å². The quantitative estimate of drug-likeness (QED) is 0.720. The zero-order valence-electron chi connectivity index (χ0n) is 11.1. The normalized spacial score (nSPS) is 22.6. The Hall–Kier alpha value is -1.84. The summed E-state index contributed by atoms with van der Waals surface area (Å²) < 4.78 is 0.